The molecule has 0 fully saturated rings. The third-order valence-electron chi connectivity index (χ3n) is 10.3. The summed E-state index contributed by atoms with van der Waals surface area (Å²) in [5, 5.41) is 7.61. The van der Waals surface area contributed by atoms with E-state index in [1.54, 1.807) is 0 Å². The minimum absolute atomic E-state index is 0.0583. The SMILES string of the molecule is CC1(C)c2ccccc2-c2ccc(-n3c4ccccc4c4cc(-c5ccc6c(c5)[nH]c5ccccc56)c5ccccc5c43)cc21. The Balaban J connectivity index is 1.26. The fourth-order valence-corrected chi connectivity index (χ4v) is 8.18. The highest BCUT2D eigenvalue weighted by molar-refractivity contribution is 6.22. The Hall–Kier alpha value is -5.60. The number of rotatable bonds is 2. The monoisotopic (exact) mass is 574 g/mol. The van der Waals surface area contributed by atoms with E-state index in [-0.39, 0.29) is 5.41 Å². The Morgan fingerprint density at radius 1 is 0.467 bits per heavy atom. The number of benzene rings is 7. The van der Waals surface area contributed by atoms with Gasteiger partial charge in [-0.15, -0.1) is 0 Å². The van der Waals surface area contributed by atoms with Crippen LogP contribution in [-0.2, 0) is 5.41 Å². The predicted molar refractivity (Wildman–Crippen MR) is 191 cm³/mol. The first-order valence-electron chi connectivity index (χ1n) is 15.8. The van der Waals surface area contributed by atoms with Gasteiger partial charge in [-0.1, -0.05) is 117 Å². The van der Waals surface area contributed by atoms with Gasteiger partial charge in [-0.3, -0.25) is 0 Å². The standard InChI is InChI=1S/C43H30N2/c1-43(2)37-16-8-5-12-29(37)30-22-20-27(24-38(30)43)45-41-18-10-7-14-33(41)36-25-35(28-11-3-4-15-34(28)42(36)45)26-19-21-32-31-13-6-9-17-39(31)44-40(32)23-26/h3-25,44H,1-2H3. The zero-order valence-corrected chi connectivity index (χ0v) is 25.2. The van der Waals surface area contributed by atoms with Crippen LogP contribution in [0.5, 0.6) is 0 Å². The van der Waals surface area contributed by atoms with Crippen molar-refractivity contribution in [2.75, 3.05) is 0 Å². The number of aromatic amines is 1. The normalized spacial score (nSPS) is 13.7. The molecule has 9 aromatic rings. The van der Waals surface area contributed by atoms with Crippen LogP contribution in [0.3, 0.4) is 0 Å². The number of nitrogens with zero attached hydrogens (tertiary/aromatic N) is 1. The van der Waals surface area contributed by atoms with Crippen molar-refractivity contribution in [1.82, 2.24) is 9.55 Å². The first-order chi connectivity index (χ1) is 22.1. The highest BCUT2D eigenvalue weighted by atomic mass is 15.0. The number of fused-ring (bicyclic) bond motifs is 11. The molecule has 0 bridgehead atoms. The maximum Gasteiger partial charge on any atom is 0.0619 e. The molecule has 10 rings (SSSR count). The summed E-state index contributed by atoms with van der Waals surface area (Å²) in [6.45, 7) is 4.72. The second-order valence-electron chi connectivity index (χ2n) is 13.0. The quantitative estimate of drug-likeness (QED) is 0.212. The summed E-state index contributed by atoms with van der Waals surface area (Å²) in [5.74, 6) is 0. The van der Waals surface area contributed by atoms with Gasteiger partial charge in [0.1, 0.15) is 0 Å². The van der Waals surface area contributed by atoms with E-state index in [1.165, 1.54) is 93.5 Å². The van der Waals surface area contributed by atoms with Crippen LogP contribution in [0, 0.1) is 0 Å². The van der Waals surface area contributed by atoms with E-state index in [1.807, 2.05) is 0 Å². The predicted octanol–water partition coefficient (Wildman–Crippen LogP) is 11.5. The van der Waals surface area contributed by atoms with Crippen LogP contribution >= 0.6 is 0 Å². The van der Waals surface area contributed by atoms with Crippen molar-refractivity contribution in [3.63, 3.8) is 0 Å². The lowest BCUT2D eigenvalue weighted by atomic mass is 9.82. The van der Waals surface area contributed by atoms with Crippen molar-refractivity contribution in [3.8, 4) is 27.9 Å². The molecule has 0 spiro atoms. The molecule has 2 aromatic heterocycles. The average Bonchev–Trinajstić information content (AvgIpc) is 3.70. The first-order valence-corrected chi connectivity index (χ1v) is 15.8. The Kier molecular flexibility index (Phi) is 4.82. The summed E-state index contributed by atoms with van der Waals surface area (Å²) in [6, 6.07) is 51.6. The Morgan fingerprint density at radius 2 is 1.16 bits per heavy atom. The second-order valence-corrected chi connectivity index (χ2v) is 13.0. The maximum atomic E-state index is 3.66. The molecule has 1 aliphatic rings. The van der Waals surface area contributed by atoms with Gasteiger partial charge in [0.25, 0.3) is 0 Å². The van der Waals surface area contributed by atoms with Crippen LogP contribution in [0.15, 0.2) is 140 Å². The highest BCUT2D eigenvalue weighted by Gasteiger charge is 2.35. The fraction of sp³-hybridized carbons (Fsp3) is 0.0698. The largest absolute Gasteiger partial charge is 0.354 e. The van der Waals surface area contributed by atoms with Gasteiger partial charge in [0.05, 0.1) is 11.0 Å². The van der Waals surface area contributed by atoms with E-state index in [9.17, 15) is 0 Å². The molecule has 0 aliphatic heterocycles. The summed E-state index contributed by atoms with van der Waals surface area (Å²) in [5.41, 5.74) is 14.0. The van der Waals surface area contributed by atoms with Gasteiger partial charge in [-0.05, 0) is 75.2 Å². The second kappa shape index (κ2) is 8.74. The van der Waals surface area contributed by atoms with E-state index in [0.29, 0.717) is 0 Å². The summed E-state index contributed by atoms with van der Waals surface area (Å²) in [7, 11) is 0. The molecule has 1 N–H and O–H groups in total. The minimum atomic E-state index is -0.0583. The van der Waals surface area contributed by atoms with E-state index < -0.39 is 0 Å². The smallest absolute Gasteiger partial charge is 0.0619 e. The summed E-state index contributed by atoms with van der Waals surface area (Å²) >= 11 is 0. The lowest BCUT2D eigenvalue weighted by Gasteiger charge is -2.22. The number of hydrogen-bond donors (Lipinski definition) is 1. The van der Waals surface area contributed by atoms with Crippen LogP contribution in [0.1, 0.15) is 25.0 Å². The van der Waals surface area contributed by atoms with Gasteiger partial charge in [0.15, 0.2) is 0 Å². The number of hydrogen-bond acceptors (Lipinski definition) is 0. The summed E-state index contributed by atoms with van der Waals surface area (Å²) < 4.78 is 2.50. The molecule has 0 atom stereocenters. The highest BCUT2D eigenvalue weighted by Crippen LogP contribution is 2.50. The van der Waals surface area contributed by atoms with Crippen molar-refractivity contribution in [2.24, 2.45) is 0 Å². The van der Waals surface area contributed by atoms with E-state index in [0.717, 1.165) is 0 Å². The molecule has 0 unspecified atom stereocenters. The van der Waals surface area contributed by atoms with E-state index >= 15 is 0 Å². The van der Waals surface area contributed by atoms with Gasteiger partial charge in [0, 0.05) is 49.1 Å². The van der Waals surface area contributed by atoms with Crippen LogP contribution in [0.25, 0.3) is 82.3 Å². The van der Waals surface area contributed by atoms with Gasteiger partial charge < -0.3 is 9.55 Å². The summed E-state index contributed by atoms with van der Waals surface area (Å²) in [6.07, 6.45) is 0. The minimum Gasteiger partial charge on any atom is -0.354 e. The third-order valence-corrected chi connectivity index (χ3v) is 10.3. The maximum absolute atomic E-state index is 3.66. The van der Waals surface area contributed by atoms with Crippen molar-refractivity contribution in [2.45, 2.75) is 19.3 Å². The molecule has 45 heavy (non-hydrogen) atoms. The molecule has 2 heteroatoms. The first kappa shape index (κ1) is 24.8. The molecule has 2 heterocycles. The Bertz CT molecular complexity index is 2680. The van der Waals surface area contributed by atoms with Crippen LogP contribution < -0.4 is 0 Å². The van der Waals surface area contributed by atoms with Crippen molar-refractivity contribution < 1.29 is 0 Å². The molecule has 7 aromatic carbocycles. The van der Waals surface area contributed by atoms with Crippen LogP contribution in [0.4, 0.5) is 0 Å². The van der Waals surface area contributed by atoms with Crippen molar-refractivity contribution >= 4 is 54.4 Å². The molecule has 0 saturated carbocycles. The van der Waals surface area contributed by atoms with Crippen LogP contribution in [0.2, 0.25) is 0 Å². The zero-order valence-electron chi connectivity index (χ0n) is 25.2. The number of para-hydroxylation sites is 2. The third kappa shape index (κ3) is 3.29. The lowest BCUT2D eigenvalue weighted by Crippen LogP contribution is -2.15. The Labute approximate surface area is 261 Å². The molecule has 0 radical (unpaired) electrons. The van der Waals surface area contributed by atoms with Gasteiger partial charge in [0.2, 0.25) is 0 Å². The van der Waals surface area contributed by atoms with E-state index in [2.05, 4.69) is 163 Å². The van der Waals surface area contributed by atoms with Gasteiger partial charge in [-0.25, -0.2) is 0 Å². The van der Waals surface area contributed by atoms with Crippen molar-refractivity contribution in [1.29, 1.82) is 0 Å². The molecular formula is C43H30N2. The molecule has 1 aliphatic carbocycles. The average molecular weight is 575 g/mol. The number of nitrogens with one attached hydrogen (secondary N) is 1. The lowest BCUT2D eigenvalue weighted by molar-refractivity contribution is 0.660. The fourth-order valence-electron chi connectivity index (χ4n) is 8.18. The van der Waals surface area contributed by atoms with Gasteiger partial charge in [-0.2, -0.15) is 0 Å². The topological polar surface area (TPSA) is 20.7 Å². The summed E-state index contributed by atoms with van der Waals surface area (Å²) in [4.78, 5) is 3.66. The van der Waals surface area contributed by atoms with Crippen molar-refractivity contribution in [3.05, 3.63) is 151 Å². The molecule has 2 nitrogen and oxygen atoms in total. The molecular weight excluding hydrogens is 544 g/mol. The molecule has 0 amide bonds. The number of H-pyrrole nitrogens is 1. The molecule has 0 saturated heterocycles. The zero-order chi connectivity index (χ0) is 29.9. The van der Waals surface area contributed by atoms with Gasteiger partial charge >= 0.3 is 0 Å². The van der Waals surface area contributed by atoms with Crippen LogP contribution in [-0.4, -0.2) is 9.55 Å². The molecule has 212 valence electrons. The Morgan fingerprint density at radius 3 is 2.04 bits per heavy atom. The van der Waals surface area contributed by atoms with E-state index in [4.69, 9.17) is 0 Å². The number of aromatic nitrogens is 2.